The second-order valence-corrected chi connectivity index (χ2v) is 5.91. The molecule has 0 radical (unpaired) electrons. The monoisotopic (exact) mass is 349 g/mol. The standard InChI is InChI=1S/C21H19NO4/c1-14-4-3-5-17-20(23)16(8-10-26-21(14)17)12-15-6-7-18(25-11-9-22)19(13-15)24-2/h3-7,12-13H,8,10-11H2,1-2H3/b16-12-. The Morgan fingerprint density at radius 3 is 2.88 bits per heavy atom. The molecule has 0 bridgehead atoms. The van der Waals surface area contributed by atoms with Gasteiger partial charge >= 0.3 is 0 Å². The fraction of sp³-hybridized carbons (Fsp3) is 0.238. The van der Waals surface area contributed by atoms with Crippen LogP contribution in [0.4, 0.5) is 0 Å². The topological polar surface area (TPSA) is 68.6 Å². The number of para-hydroxylation sites is 1. The quantitative estimate of drug-likeness (QED) is 0.782. The van der Waals surface area contributed by atoms with E-state index in [4.69, 9.17) is 19.5 Å². The number of benzene rings is 2. The van der Waals surface area contributed by atoms with Crippen LogP contribution in [0.2, 0.25) is 0 Å². The van der Waals surface area contributed by atoms with Crippen molar-refractivity contribution in [3.8, 4) is 23.3 Å². The molecule has 0 spiro atoms. The predicted octanol–water partition coefficient (Wildman–Crippen LogP) is 3.95. The molecule has 0 N–H and O–H groups in total. The summed E-state index contributed by atoms with van der Waals surface area (Å²) in [6.07, 6.45) is 2.38. The largest absolute Gasteiger partial charge is 0.493 e. The van der Waals surface area contributed by atoms with Crippen LogP contribution in [-0.2, 0) is 0 Å². The number of carbonyl (C=O) groups excluding carboxylic acids is 1. The summed E-state index contributed by atoms with van der Waals surface area (Å²) in [7, 11) is 1.54. The molecule has 3 rings (SSSR count). The first-order valence-corrected chi connectivity index (χ1v) is 8.29. The van der Waals surface area contributed by atoms with Crippen molar-refractivity contribution in [2.75, 3.05) is 20.3 Å². The number of fused-ring (bicyclic) bond motifs is 1. The summed E-state index contributed by atoms with van der Waals surface area (Å²) in [6.45, 7) is 2.34. The van der Waals surface area contributed by atoms with E-state index < -0.39 is 0 Å². The van der Waals surface area contributed by atoms with Crippen LogP contribution < -0.4 is 14.2 Å². The number of nitriles is 1. The van der Waals surface area contributed by atoms with Crippen LogP contribution in [0.5, 0.6) is 17.2 Å². The van der Waals surface area contributed by atoms with Gasteiger partial charge in [0.2, 0.25) is 0 Å². The van der Waals surface area contributed by atoms with Gasteiger partial charge in [0.25, 0.3) is 0 Å². The normalized spacial score (nSPS) is 14.8. The van der Waals surface area contributed by atoms with Gasteiger partial charge in [0.05, 0.1) is 19.3 Å². The van der Waals surface area contributed by atoms with Crippen LogP contribution in [0.1, 0.15) is 27.9 Å². The van der Waals surface area contributed by atoms with Crippen molar-refractivity contribution in [2.24, 2.45) is 0 Å². The van der Waals surface area contributed by atoms with Gasteiger partial charge in [0.15, 0.2) is 23.9 Å². The third-order valence-corrected chi connectivity index (χ3v) is 4.19. The maximum Gasteiger partial charge on any atom is 0.192 e. The Labute approximate surface area is 152 Å². The molecule has 0 saturated carbocycles. The summed E-state index contributed by atoms with van der Waals surface area (Å²) in [5.74, 6) is 1.65. The number of hydrogen-bond donors (Lipinski definition) is 0. The molecule has 0 aromatic heterocycles. The SMILES string of the molecule is COc1cc(/C=C2/CCOc3c(C)cccc3C2=O)ccc1OCC#N. The fourth-order valence-electron chi connectivity index (χ4n) is 2.91. The lowest BCUT2D eigenvalue weighted by atomic mass is 9.97. The zero-order valence-corrected chi connectivity index (χ0v) is 14.7. The van der Waals surface area contributed by atoms with Crippen molar-refractivity contribution >= 4 is 11.9 Å². The summed E-state index contributed by atoms with van der Waals surface area (Å²) in [5, 5.41) is 8.64. The van der Waals surface area contributed by atoms with Crippen LogP contribution in [0.25, 0.3) is 6.08 Å². The lowest BCUT2D eigenvalue weighted by Crippen LogP contribution is -2.02. The van der Waals surface area contributed by atoms with Gasteiger partial charge in [-0.05, 0) is 42.3 Å². The highest BCUT2D eigenvalue weighted by molar-refractivity contribution is 6.13. The highest BCUT2D eigenvalue weighted by Crippen LogP contribution is 2.32. The van der Waals surface area contributed by atoms with E-state index in [1.165, 1.54) is 7.11 Å². The Morgan fingerprint density at radius 1 is 1.27 bits per heavy atom. The van der Waals surface area contributed by atoms with Crippen molar-refractivity contribution in [2.45, 2.75) is 13.3 Å². The van der Waals surface area contributed by atoms with Gasteiger partial charge < -0.3 is 14.2 Å². The third-order valence-electron chi connectivity index (χ3n) is 4.19. The molecule has 132 valence electrons. The van der Waals surface area contributed by atoms with E-state index in [0.717, 1.165) is 11.1 Å². The number of Topliss-reactive ketones (excluding diaryl/α,β-unsaturated/α-hetero) is 1. The first kappa shape index (κ1) is 17.6. The minimum atomic E-state index is -0.0528. The first-order valence-electron chi connectivity index (χ1n) is 8.29. The molecule has 2 aromatic carbocycles. The van der Waals surface area contributed by atoms with Crippen LogP contribution in [0.15, 0.2) is 42.0 Å². The number of aryl methyl sites for hydroxylation is 1. The van der Waals surface area contributed by atoms with E-state index in [0.29, 0.717) is 41.4 Å². The molecule has 0 unspecified atom stereocenters. The average molecular weight is 349 g/mol. The van der Waals surface area contributed by atoms with Crippen LogP contribution in [0, 0.1) is 18.3 Å². The van der Waals surface area contributed by atoms with Gasteiger partial charge in [-0.15, -0.1) is 0 Å². The molecule has 26 heavy (non-hydrogen) atoms. The second-order valence-electron chi connectivity index (χ2n) is 5.91. The smallest absolute Gasteiger partial charge is 0.192 e. The van der Waals surface area contributed by atoms with E-state index in [1.54, 1.807) is 18.2 Å². The molecule has 0 saturated heterocycles. The molecule has 0 amide bonds. The van der Waals surface area contributed by atoms with Crippen LogP contribution >= 0.6 is 0 Å². The van der Waals surface area contributed by atoms with Crippen molar-refractivity contribution in [3.05, 3.63) is 58.7 Å². The van der Waals surface area contributed by atoms with E-state index >= 15 is 0 Å². The molecular formula is C21H19NO4. The lowest BCUT2D eigenvalue weighted by molar-refractivity contribution is 0.103. The fourth-order valence-corrected chi connectivity index (χ4v) is 2.91. The molecule has 0 atom stereocenters. The summed E-state index contributed by atoms with van der Waals surface area (Å²) in [5.41, 5.74) is 3.06. The summed E-state index contributed by atoms with van der Waals surface area (Å²) in [4.78, 5) is 12.9. The van der Waals surface area contributed by atoms with Crippen molar-refractivity contribution < 1.29 is 19.0 Å². The van der Waals surface area contributed by atoms with Crippen molar-refractivity contribution in [3.63, 3.8) is 0 Å². The zero-order chi connectivity index (χ0) is 18.5. The van der Waals surface area contributed by atoms with Gasteiger partial charge in [-0.2, -0.15) is 5.26 Å². The number of methoxy groups -OCH3 is 1. The molecular weight excluding hydrogens is 330 g/mol. The molecule has 5 nitrogen and oxygen atoms in total. The number of nitrogens with zero attached hydrogens (tertiary/aromatic N) is 1. The van der Waals surface area contributed by atoms with E-state index in [-0.39, 0.29) is 12.4 Å². The average Bonchev–Trinajstić information content (AvgIpc) is 2.81. The molecule has 2 aromatic rings. The Morgan fingerprint density at radius 2 is 2.12 bits per heavy atom. The lowest BCUT2D eigenvalue weighted by Gasteiger charge is -2.10. The van der Waals surface area contributed by atoms with Crippen molar-refractivity contribution in [1.29, 1.82) is 5.26 Å². The molecule has 1 heterocycles. The van der Waals surface area contributed by atoms with Gasteiger partial charge in [-0.1, -0.05) is 18.2 Å². The molecule has 0 fully saturated rings. The number of carbonyl (C=O) groups is 1. The summed E-state index contributed by atoms with van der Waals surface area (Å²) < 4.78 is 16.4. The highest BCUT2D eigenvalue weighted by atomic mass is 16.5. The summed E-state index contributed by atoms with van der Waals surface area (Å²) in [6, 6.07) is 12.9. The van der Waals surface area contributed by atoms with Gasteiger partial charge in [0, 0.05) is 12.0 Å². The van der Waals surface area contributed by atoms with Gasteiger partial charge in [0.1, 0.15) is 11.8 Å². The maximum absolute atomic E-state index is 12.9. The maximum atomic E-state index is 12.9. The Kier molecular flexibility index (Phi) is 5.23. The minimum Gasteiger partial charge on any atom is -0.493 e. The minimum absolute atomic E-state index is 0.0232. The number of rotatable bonds is 4. The van der Waals surface area contributed by atoms with Crippen LogP contribution in [0.3, 0.4) is 0 Å². The second kappa shape index (κ2) is 7.75. The van der Waals surface area contributed by atoms with E-state index in [9.17, 15) is 4.79 Å². The number of ether oxygens (including phenoxy) is 3. The van der Waals surface area contributed by atoms with E-state index in [1.807, 2.05) is 37.3 Å². The Bertz CT molecular complexity index is 909. The molecule has 1 aliphatic rings. The molecule has 5 heteroatoms. The van der Waals surface area contributed by atoms with Crippen LogP contribution in [-0.4, -0.2) is 26.1 Å². The highest BCUT2D eigenvalue weighted by Gasteiger charge is 2.22. The number of ketones is 1. The Hall–Kier alpha value is -3.26. The van der Waals surface area contributed by atoms with Gasteiger partial charge in [-0.3, -0.25) is 4.79 Å². The third kappa shape index (κ3) is 3.55. The Balaban J connectivity index is 1.94. The zero-order valence-electron chi connectivity index (χ0n) is 14.7. The van der Waals surface area contributed by atoms with Gasteiger partial charge in [-0.25, -0.2) is 0 Å². The summed E-state index contributed by atoms with van der Waals surface area (Å²) >= 11 is 0. The first-order chi connectivity index (χ1) is 12.6. The molecule has 0 aliphatic carbocycles. The van der Waals surface area contributed by atoms with E-state index in [2.05, 4.69) is 0 Å². The van der Waals surface area contributed by atoms with Crippen molar-refractivity contribution in [1.82, 2.24) is 0 Å². The molecule has 1 aliphatic heterocycles. The number of hydrogen-bond acceptors (Lipinski definition) is 5. The predicted molar refractivity (Wildman–Crippen MR) is 97.7 cm³/mol.